The van der Waals surface area contributed by atoms with Crippen LogP contribution in [0.3, 0.4) is 0 Å². The normalized spacial score (nSPS) is 24.4. The second kappa shape index (κ2) is 6.66. The summed E-state index contributed by atoms with van der Waals surface area (Å²) in [5.74, 6) is 6.35. The fraction of sp³-hybridized carbons (Fsp3) is 0.923. The molecule has 2 fully saturated rings. The molecular weight excluding hydrogens is 244 g/mol. The van der Waals surface area contributed by atoms with Gasteiger partial charge in [-0.2, -0.15) is 11.8 Å². The Morgan fingerprint density at radius 1 is 1.28 bits per heavy atom. The zero-order chi connectivity index (χ0) is 12.8. The van der Waals surface area contributed by atoms with Gasteiger partial charge in [-0.25, -0.2) is 5.84 Å². The number of aliphatic imine (C=N–C) groups is 1. The van der Waals surface area contributed by atoms with Crippen LogP contribution in [0, 0.1) is 0 Å². The van der Waals surface area contributed by atoms with Crippen molar-refractivity contribution in [1.29, 1.82) is 0 Å². The highest BCUT2D eigenvalue weighted by atomic mass is 32.2. The van der Waals surface area contributed by atoms with Crippen molar-refractivity contribution in [2.75, 3.05) is 12.8 Å². The van der Waals surface area contributed by atoms with Crippen LogP contribution in [0.1, 0.15) is 51.4 Å². The average molecular weight is 270 g/mol. The number of nitrogens with two attached hydrogens (primary N) is 1. The van der Waals surface area contributed by atoms with Crippen LogP contribution in [0.2, 0.25) is 0 Å². The second-order valence-corrected chi connectivity index (χ2v) is 6.80. The van der Waals surface area contributed by atoms with E-state index in [1.807, 2.05) is 11.8 Å². The molecule has 0 bridgehead atoms. The predicted octanol–water partition coefficient (Wildman–Crippen LogP) is 2.01. The maximum atomic E-state index is 5.57. The molecule has 0 radical (unpaired) electrons. The van der Waals surface area contributed by atoms with Gasteiger partial charge in [-0.3, -0.25) is 10.4 Å². The summed E-state index contributed by atoms with van der Waals surface area (Å²) in [6, 6.07) is 0.556. The summed E-state index contributed by atoms with van der Waals surface area (Å²) in [5, 5.41) is 3.46. The first-order valence-electron chi connectivity index (χ1n) is 7.11. The Morgan fingerprint density at radius 3 is 2.50 bits per heavy atom. The van der Waals surface area contributed by atoms with Crippen LogP contribution in [-0.4, -0.2) is 29.5 Å². The minimum atomic E-state index is 0.385. The third-order valence-electron chi connectivity index (χ3n) is 4.31. The Bertz CT molecular complexity index is 277. The molecule has 0 saturated heterocycles. The molecule has 4 N–H and O–H groups in total. The highest BCUT2D eigenvalue weighted by molar-refractivity contribution is 8.00. The van der Waals surface area contributed by atoms with Crippen LogP contribution in [0.4, 0.5) is 0 Å². The summed E-state index contributed by atoms with van der Waals surface area (Å²) in [6.45, 7) is 0.882. The molecule has 2 aliphatic rings. The molecule has 0 aromatic carbocycles. The fourth-order valence-corrected chi connectivity index (χ4v) is 3.68. The minimum Gasteiger partial charge on any atom is -0.353 e. The molecule has 5 heteroatoms. The first-order valence-corrected chi connectivity index (χ1v) is 8.33. The van der Waals surface area contributed by atoms with Gasteiger partial charge in [0.1, 0.15) is 0 Å². The summed E-state index contributed by atoms with van der Waals surface area (Å²) in [4.78, 5) is 4.65. The lowest BCUT2D eigenvalue weighted by Crippen LogP contribution is -2.48. The lowest BCUT2D eigenvalue weighted by molar-refractivity contribution is 0.370. The Labute approximate surface area is 115 Å². The Balaban J connectivity index is 1.83. The summed E-state index contributed by atoms with van der Waals surface area (Å²) < 4.78 is 0.385. The maximum Gasteiger partial charge on any atom is 0.205 e. The van der Waals surface area contributed by atoms with E-state index in [1.54, 1.807) is 0 Å². The van der Waals surface area contributed by atoms with Crippen molar-refractivity contribution in [3.63, 3.8) is 0 Å². The molecular formula is C13H26N4S. The van der Waals surface area contributed by atoms with E-state index in [9.17, 15) is 0 Å². The first-order chi connectivity index (χ1) is 8.78. The van der Waals surface area contributed by atoms with Crippen LogP contribution in [-0.2, 0) is 0 Å². The smallest absolute Gasteiger partial charge is 0.205 e. The Morgan fingerprint density at radius 2 is 2.00 bits per heavy atom. The molecule has 0 aromatic rings. The number of hydrogen-bond donors (Lipinski definition) is 3. The lowest BCUT2D eigenvalue weighted by Gasteiger charge is -2.39. The van der Waals surface area contributed by atoms with Gasteiger partial charge in [-0.05, 0) is 31.9 Å². The average Bonchev–Trinajstić information content (AvgIpc) is 2.37. The van der Waals surface area contributed by atoms with Crippen molar-refractivity contribution in [2.24, 2.45) is 10.8 Å². The molecule has 0 aromatic heterocycles. The van der Waals surface area contributed by atoms with E-state index in [-0.39, 0.29) is 0 Å². The highest BCUT2D eigenvalue weighted by Crippen LogP contribution is 2.42. The van der Waals surface area contributed by atoms with Gasteiger partial charge in [0.05, 0.1) is 6.54 Å². The number of thioether (sulfide) groups is 1. The van der Waals surface area contributed by atoms with Crippen molar-refractivity contribution in [1.82, 2.24) is 10.7 Å². The zero-order valence-electron chi connectivity index (χ0n) is 11.4. The number of nitrogens with zero attached hydrogens (tertiary/aromatic N) is 1. The molecule has 2 rings (SSSR count). The number of nitrogens with one attached hydrogen (secondary N) is 2. The quantitative estimate of drug-likeness (QED) is 0.316. The molecule has 4 nitrogen and oxygen atoms in total. The van der Waals surface area contributed by atoms with Gasteiger partial charge in [0, 0.05) is 10.8 Å². The van der Waals surface area contributed by atoms with Gasteiger partial charge in [0.25, 0.3) is 0 Å². The van der Waals surface area contributed by atoms with Crippen LogP contribution in [0.5, 0.6) is 0 Å². The topological polar surface area (TPSA) is 62.4 Å². The third kappa shape index (κ3) is 3.54. The van der Waals surface area contributed by atoms with Crippen molar-refractivity contribution in [3.8, 4) is 0 Å². The lowest BCUT2D eigenvalue weighted by atomic mass is 9.84. The van der Waals surface area contributed by atoms with E-state index < -0.39 is 0 Å². The van der Waals surface area contributed by atoms with Crippen LogP contribution >= 0.6 is 11.8 Å². The molecule has 0 amide bonds. The van der Waals surface area contributed by atoms with Gasteiger partial charge in [-0.1, -0.05) is 25.7 Å². The first kappa shape index (κ1) is 14.0. The van der Waals surface area contributed by atoms with Gasteiger partial charge in [0.15, 0.2) is 0 Å². The molecule has 2 aliphatic carbocycles. The van der Waals surface area contributed by atoms with E-state index in [0.29, 0.717) is 10.8 Å². The predicted molar refractivity (Wildman–Crippen MR) is 79.7 cm³/mol. The minimum absolute atomic E-state index is 0.385. The Hall–Kier alpha value is -0.420. The maximum absolute atomic E-state index is 5.57. The van der Waals surface area contributed by atoms with E-state index in [1.165, 1.54) is 51.4 Å². The molecule has 0 spiro atoms. The van der Waals surface area contributed by atoms with E-state index in [0.717, 1.165) is 12.5 Å². The fourth-order valence-electron chi connectivity index (χ4n) is 2.79. The number of hydrazine groups is 1. The zero-order valence-corrected chi connectivity index (χ0v) is 12.2. The highest BCUT2D eigenvalue weighted by Gasteiger charge is 2.35. The number of guanidine groups is 1. The molecule has 104 valence electrons. The van der Waals surface area contributed by atoms with Crippen LogP contribution in [0.25, 0.3) is 0 Å². The third-order valence-corrected chi connectivity index (χ3v) is 5.71. The van der Waals surface area contributed by atoms with Crippen molar-refractivity contribution in [3.05, 3.63) is 0 Å². The van der Waals surface area contributed by atoms with E-state index in [4.69, 9.17) is 5.84 Å². The second-order valence-electron chi connectivity index (χ2n) is 5.53. The van der Waals surface area contributed by atoms with Crippen molar-refractivity contribution < 1.29 is 0 Å². The van der Waals surface area contributed by atoms with Crippen molar-refractivity contribution >= 4 is 17.7 Å². The molecule has 0 atom stereocenters. The van der Waals surface area contributed by atoms with Crippen molar-refractivity contribution in [2.45, 2.75) is 62.2 Å². The van der Waals surface area contributed by atoms with E-state index >= 15 is 0 Å². The molecule has 0 heterocycles. The molecule has 2 saturated carbocycles. The van der Waals surface area contributed by atoms with E-state index in [2.05, 4.69) is 22.0 Å². The van der Waals surface area contributed by atoms with Gasteiger partial charge in [0.2, 0.25) is 5.96 Å². The summed E-state index contributed by atoms with van der Waals surface area (Å²) in [6.07, 6.45) is 12.6. The number of hydrogen-bond acceptors (Lipinski definition) is 3. The summed E-state index contributed by atoms with van der Waals surface area (Å²) in [7, 11) is 0. The van der Waals surface area contributed by atoms with Crippen LogP contribution in [0.15, 0.2) is 4.99 Å². The monoisotopic (exact) mass is 270 g/mol. The number of rotatable bonds is 4. The van der Waals surface area contributed by atoms with Gasteiger partial charge in [-0.15, -0.1) is 0 Å². The molecule has 18 heavy (non-hydrogen) atoms. The summed E-state index contributed by atoms with van der Waals surface area (Å²) >= 11 is 1.95. The van der Waals surface area contributed by atoms with Gasteiger partial charge >= 0.3 is 0 Å². The Kier molecular flexibility index (Phi) is 5.18. The standard InChI is InChI=1S/C13H26N4S/c1-18-13(8-5-9-13)10-15-12(17-14)16-11-6-3-2-4-7-11/h11H,2-10,14H2,1H3,(H2,15,16,17). The molecule has 0 aliphatic heterocycles. The summed E-state index contributed by atoms with van der Waals surface area (Å²) in [5.41, 5.74) is 2.72. The van der Waals surface area contributed by atoms with Gasteiger partial charge < -0.3 is 5.32 Å². The largest absolute Gasteiger partial charge is 0.353 e. The molecule has 0 unspecified atom stereocenters. The SMILES string of the molecule is CSC1(CN=C(NN)NC2CCCCC2)CCC1. The van der Waals surface area contributed by atoms with Crippen LogP contribution < -0.4 is 16.6 Å².